The van der Waals surface area contributed by atoms with Crippen molar-refractivity contribution in [1.82, 2.24) is 14.9 Å². The van der Waals surface area contributed by atoms with Crippen LogP contribution < -0.4 is 15.5 Å². The van der Waals surface area contributed by atoms with Gasteiger partial charge in [-0.3, -0.25) is 9.78 Å². The van der Waals surface area contributed by atoms with Crippen LogP contribution >= 0.6 is 39.7 Å². The number of thiocarbonyl (C=S) groups is 1. The van der Waals surface area contributed by atoms with Crippen molar-refractivity contribution >= 4 is 62.1 Å². The summed E-state index contributed by atoms with van der Waals surface area (Å²) in [5, 5.41) is 7.19. The molecule has 1 amide bonds. The van der Waals surface area contributed by atoms with Gasteiger partial charge < -0.3 is 24.8 Å². The first-order valence-electron chi connectivity index (χ1n) is 11.5. The minimum Gasteiger partial charge on any atom is -0.375 e. The molecule has 2 aromatic heterocycles. The van der Waals surface area contributed by atoms with Gasteiger partial charge in [0.25, 0.3) is 0 Å². The van der Waals surface area contributed by atoms with Crippen molar-refractivity contribution in [2.24, 2.45) is 0 Å². The summed E-state index contributed by atoms with van der Waals surface area (Å²) in [5.41, 5.74) is 4.21. The molecule has 2 atom stereocenters. The van der Waals surface area contributed by atoms with Crippen molar-refractivity contribution in [3.05, 3.63) is 106 Å². The van der Waals surface area contributed by atoms with Crippen molar-refractivity contribution in [2.75, 3.05) is 23.9 Å². The van der Waals surface area contributed by atoms with E-state index in [9.17, 15) is 4.79 Å². The lowest BCUT2D eigenvalue weighted by Gasteiger charge is -2.29. The molecule has 2 unspecified atom stereocenters. The number of pyridine rings is 1. The maximum atomic E-state index is 12.0. The molecule has 2 N–H and O–H groups in total. The van der Waals surface area contributed by atoms with Crippen LogP contribution in [0.4, 0.5) is 11.4 Å². The largest absolute Gasteiger partial charge is 0.375 e. The van der Waals surface area contributed by atoms with Gasteiger partial charge in [0, 0.05) is 41.0 Å². The summed E-state index contributed by atoms with van der Waals surface area (Å²) in [6.07, 6.45) is 3.82. The van der Waals surface area contributed by atoms with Gasteiger partial charge in [-0.2, -0.15) is 0 Å². The number of carbonyl (C=O) groups excluding carboxylic acids is 1. The van der Waals surface area contributed by atoms with Gasteiger partial charge in [0.1, 0.15) is 12.6 Å². The van der Waals surface area contributed by atoms with Crippen LogP contribution in [-0.2, 0) is 9.53 Å². The van der Waals surface area contributed by atoms with E-state index >= 15 is 0 Å². The molecule has 1 aliphatic rings. The van der Waals surface area contributed by atoms with Crippen molar-refractivity contribution in [3.8, 4) is 5.69 Å². The molecule has 1 saturated heterocycles. The van der Waals surface area contributed by atoms with Crippen LogP contribution in [0.1, 0.15) is 23.5 Å². The van der Waals surface area contributed by atoms with E-state index in [2.05, 4.69) is 54.3 Å². The summed E-state index contributed by atoms with van der Waals surface area (Å²) in [4.78, 5) is 18.7. The van der Waals surface area contributed by atoms with E-state index in [1.54, 1.807) is 18.3 Å². The monoisotopic (exact) mass is 595 g/mol. The lowest BCUT2D eigenvalue weighted by molar-refractivity contribution is -0.119. The van der Waals surface area contributed by atoms with Crippen LogP contribution in [0.5, 0.6) is 0 Å². The highest BCUT2D eigenvalue weighted by Gasteiger charge is 2.42. The summed E-state index contributed by atoms with van der Waals surface area (Å²) in [6.45, 7) is -0.0565. The number of hydrogen-bond donors (Lipinski definition) is 2. The minimum atomic E-state index is -0.282. The highest BCUT2D eigenvalue weighted by atomic mass is 79.9. The third kappa shape index (κ3) is 5.26. The molecule has 0 bridgehead atoms. The van der Waals surface area contributed by atoms with Crippen LogP contribution in [0.3, 0.4) is 0 Å². The van der Waals surface area contributed by atoms with Crippen molar-refractivity contribution in [1.29, 1.82) is 0 Å². The Morgan fingerprint density at radius 2 is 1.92 bits per heavy atom. The number of carbonyl (C=O) groups is 1. The summed E-state index contributed by atoms with van der Waals surface area (Å²) in [6, 6.07) is 23.1. The average molecular weight is 597 g/mol. The first-order chi connectivity index (χ1) is 18.0. The number of halogens is 2. The molecule has 7 nitrogen and oxygen atoms in total. The predicted molar refractivity (Wildman–Crippen MR) is 153 cm³/mol. The fourth-order valence-corrected chi connectivity index (χ4v) is 5.31. The maximum Gasteiger partial charge on any atom is 0.250 e. The van der Waals surface area contributed by atoms with Gasteiger partial charge in [-0.15, -0.1) is 0 Å². The van der Waals surface area contributed by atoms with Gasteiger partial charge in [-0.1, -0.05) is 33.6 Å². The number of ether oxygens (including phenoxy) is 1. The Morgan fingerprint density at radius 1 is 1.14 bits per heavy atom. The quantitative estimate of drug-likeness (QED) is 0.253. The molecule has 2 aromatic carbocycles. The van der Waals surface area contributed by atoms with E-state index in [-0.39, 0.29) is 24.6 Å². The van der Waals surface area contributed by atoms with Gasteiger partial charge in [0.05, 0.1) is 22.4 Å². The molecule has 10 heteroatoms. The van der Waals surface area contributed by atoms with Crippen molar-refractivity contribution in [3.63, 3.8) is 0 Å². The van der Waals surface area contributed by atoms with Gasteiger partial charge >= 0.3 is 0 Å². The van der Waals surface area contributed by atoms with E-state index in [4.69, 9.17) is 28.6 Å². The zero-order chi connectivity index (χ0) is 25.9. The van der Waals surface area contributed by atoms with Crippen LogP contribution in [-0.4, -0.2) is 34.3 Å². The molecule has 0 radical (unpaired) electrons. The number of benzene rings is 2. The molecule has 4 aromatic rings. The Morgan fingerprint density at radius 3 is 2.62 bits per heavy atom. The van der Waals surface area contributed by atoms with E-state index in [1.807, 2.05) is 53.6 Å². The Bertz CT molecular complexity index is 1430. The fraction of sp³-hybridized carbons (Fsp3) is 0.148. The number of nitrogens with one attached hydrogen (secondary N) is 2. The first kappa shape index (κ1) is 25.4. The number of hydrogen-bond acceptors (Lipinski definition) is 4. The third-order valence-corrected chi connectivity index (χ3v) is 7.22. The number of nitrogens with zero attached hydrogens (tertiary/aromatic N) is 3. The Labute approximate surface area is 233 Å². The van der Waals surface area contributed by atoms with Crippen molar-refractivity contribution in [2.45, 2.75) is 12.1 Å². The molecule has 1 aliphatic heterocycles. The van der Waals surface area contributed by atoms with E-state index in [0.29, 0.717) is 15.8 Å². The average Bonchev–Trinajstić information content (AvgIpc) is 3.51. The lowest BCUT2D eigenvalue weighted by Crippen LogP contribution is -2.30. The second kappa shape index (κ2) is 11.0. The van der Waals surface area contributed by atoms with Gasteiger partial charge in [0.2, 0.25) is 5.91 Å². The Kier molecular flexibility index (Phi) is 7.57. The first-order valence-corrected chi connectivity index (χ1v) is 13.1. The van der Waals surface area contributed by atoms with Crippen molar-refractivity contribution < 1.29 is 9.53 Å². The molecular weight excluding hydrogens is 574 g/mol. The summed E-state index contributed by atoms with van der Waals surface area (Å²) < 4.78 is 8.06. The van der Waals surface area contributed by atoms with E-state index in [1.165, 1.54) is 7.11 Å². The normalized spacial score (nSPS) is 17.1. The third-order valence-electron chi connectivity index (χ3n) is 6.07. The minimum absolute atomic E-state index is 0.0565. The summed E-state index contributed by atoms with van der Waals surface area (Å²) in [5.74, 6) is -0.282. The predicted octanol–water partition coefficient (Wildman–Crippen LogP) is 6.05. The van der Waals surface area contributed by atoms with E-state index in [0.717, 1.165) is 27.2 Å². The Balaban J connectivity index is 1.58. The number of amides is 1. The van der Waals surface area contributed by atoms with Crippen LogP contribution in [0.25, 0.3) is 5.69 Å². The maximum absolute atomic E-state index is 12.0. The second-order valence-corrected chi connectivity index (χ2v) is 10.1. The highest BCUT2D eigenvalue weighted by Crippen LogP contribution is 2.43. The van der Waals surface area contributed by atoms with Gasteiger partial charge in [0.15, 0.2) is 5.11 Å². The number of anilines is 2. The van der Waals surface area contributed by atoms with E-state index < -0.39 is 0 Å². The second-order valence-electron chi connectivity index (χ2n) is 8.42. The molecule has 3 heterocycles. The zero-order valence-corrected chi connectivity index (χ0v) is 22.9. The highest BCUT2D eigenvalue weighted by molar-refractivity contribution is 9.10. The smallest absolute Gasteiger partial charge is 0.250 e. The number of aromatic nitrogens is 2. The SMILES string of the molecule is COCC(=O)Nc1ccc(N2C(=S)NC(c3ccccn3)C2c2cccn2-c2ccc(Br)cc2)cc1Cl. The lowest BCUT2D eigenvalue weighted by atomic mass is 10.0. The summed E-state index contributed by atoms with van der Waals surface area (Å²) in [7, 11) is 1.47. The molecule has 0 saturated carbocycles. The topological polar surface area (TPSA) is 71.4 Å². The molecule has 188 valence electrons. The van der Waals surface area contributed by atoms with Gasteiger partial charge in [-0.25, -0.2) is 0 Å². The van der Waals surface area contributed by atoms with Crippen LogP contribution in [0, 0.1) is 0 Å². The fourth-order valence-electron chi connectivity index (χ4n) is 4.48. The molecule has 1 fully saturated rings. The standard InChI is InChI=1S/C27H23BrClN5O2S/c1-36-16-24(35)31-21-12-11-19(15-20(21)29)34-26(25(32-27(34)37)22-5-2-3-13-30-22)23-6-4-14-33(23)18-9-7-17(28)8-10-18/h2-15,25-26H,16H2,1H3,(H,31,35)(H,32,37). The zero-order valence-electron chi connectivity index (χ0n) is 19.8. The number of methoxy groups -OCH3 is 1. The molecule has 0 spiro atoms. The molecular formula is C27H23BrClN5O2S. The Hall–Kier alpha value is -3.24. The van der Waals surface area contributed by atoms with Gasteiger partial charge in [-0.05, 0) is 78.9 Å². The van der Waals surface area contributed by atoms with Crippen LogP contribution in [0.15, 0.2) is 89.7 Å². The summed E-state index contributed by atoms with van der Waals surface area (Å²) >= 11 is 16.0. The molecule has 0 aliphatic carbocycles. The van der Waals surface area contributed by atoms with Crippen LogP contribution in [0.2, 0.25) is 5.02 Å². The number of rotatable bonds is 7. The molecule has 37 heavy (non-hydrogen) atoms. The molecule has 5 rings (SSSR count).